The number of para-hydroxylation sites is 1. The summed E-state index contributed by atoms with van der Waals surface area (Å²) in [6.45, 7) is 2.83. The maximum absolute atomic E-state index is 11.7. The molecule has 1 atom stereocenters. The highest BCUT2D eigenvalue weighted by Crippen LogP contribution is 2.30. The molecule has 2 heteroatoms. The Morgan fingerprint density at radius 3 is 2.86 bits per heavy atom. The summed E-state index contributed by atoms with van der Waals surface area (Å²) in [6, 6.07) is 8.17. The predicted octanol–water partition coefficient (Wildman–Crippen LogP) is 2.20. The summed E-state index contributed by atoms with van der Waals surface area (Å²) in [6.07, 6.45) is 0.659. The fraction of sp³-hybridized carbons (Fsp3) is 0.417. The van der Waals surface area contributed by atoms with E-state index in [9.17, 15) is 4.79 Å². The van der Waals surface area contributed by atoms with E-state index in [1.807, 2.05) is 26.1 Å². The molecule has 74 valence electrons. The van der Waals surface area contributed by atoms with Gasteiger partial charge in [-0.15, -0.1) is 0 Å². The van der Waals surface area contributed by atoms with Crippen molar-refractivity contribution >= 4 is 11.5 Å². The molecule has 0 saturated carbocycles. The van der Waals surface area contributed by atoms with E-state index in [-0.39, 0.29) is 5.92 Å². The number of hydrogen-bond donors (Lipinski definition) is 0. The van der Waals surface area contributed by atoms with Gasteiger partial charge in [0.25, 0.3) is 0 Å². The number of fused-ring (bicyclic) bond motifs is 1. The molecule has 0 bridgehead atoms. The normalized spacial score (nSPS) is 21.7. The molecule has 2 rings (SSSR count). The Kier molecular flexibility index (Phi) is 2.28. The van der Waals surface area contributed by atoms with E-state index in [0.717, 1.165) is 12.1 Å². The van der Waals surface area contributed by atoms with Gasteiger partial charge in [-0.05, 0) is 11.6 Å². The average molecular weight is 189 g/mol. The van der Waals surface area contributed by atoms with Gasteiger partial charge in [0, 0.05) is 31.6 Å². The number of rotatable bonds is 0. The van der Waals surface area contributed by atoms with Crippen molar-refractivity contribution in [1.82, 2.24) is 0 Å². The standard InChI is InChI=1S/C12H15NO/c1-9-10-5-3-4-6-11(10)13(2)8-7-12(9)14/h3-6,9H,7-8H2,1-2H3. The molecule has 0 saturated heterocycles. The van der Waals surface area contributed by atoms with E-state index in [4.69, 9.17) is 0 Å². The van der Waals surface area contributed by atoms with Gasteiger partial charge in [0.2, 0.25) is 0 Å². The van der Waals surface area contributed by atoms with E-state index in [1.165, 1.54) is 5.69 Å². The number of anilines is 1. The minimum Gasteiger partial charge on any atom is -0.374 e. The maximum atomic E-state index is 11.7. The van der Waals surface area contributed by atoms with Crippen LogP contribution in [0.5, 0.6) is 0 Å². The first-order valence-corrected chi connectivity index (χ1v) is 5.03. The van der Waals surface area contributed by atoms with Crippen molar-refractivity contribution < 1.29 is 4.79 Å². The number of hydrogen-bond acceptors (Lipinski definition) is 2. The van der Waals surface area contributed by atoms with Crippen LogP contribution in [0.4, 0.5) is 5.69 Å². The third kappa shape index (κ3) is 1.41. The Bertz CT molecular complexity index is 359. The molecule has 0 aliphatic carbocycles. The zero-order valence-electron chi connectivity index (χ0n) is 8.66. The van der Waals surface area contributed by atoms with Gasteiger partial charge in [0.1, 0.15) is 5.78 Å². The molecular weight excluding hydrogens is 174 g/mol. The molecule has 0 N–H and O–H groups in total. The monoisotopic (exact) mass is 189 g/mol. The zero-order valence-corrected chi connectivity index (χ0v) is 8.66. The fourth-order valence-electron chi connectivity index (χ4n) is 1.99. The lowest BCUT2D eigenvalue weighted by Gasteiger charge is -2.19. The quantitative estimate of drug-likeness (QED) is 0.623. The Labute approximate surface area is 84.5 Å². The third-order valence-electron chi connectivity index (χ3n) is 2.99. The van der Waals surface area contributed by atoms with Gasteiger partial charge in [-0.3, -0.25) is 4.79 Å². The van der Waals surface area contributed by atoms with Gasteiger partial charge >= 0.3 is 0 Å². The molecular formula is C12H15NO. The van der Waals surface area contributed by atoms with Crippen molar-refractivity contribution in [2.45, 2.75) is 19.3 Å². The van der Waals surface area contributed by atoms with Crippen molar-refractivity contribution in [3.63, 3.8) is 0 Å². The van der Waals surface area contributed by atoms with Crippen LogP contribution in [0.25, 0.3) is 0 Å². The van der Waals surface area contributed by atoms with Crippen LogP contribution >= 0.6 is 0 Å². The highest BCUT2D eigenvalue weighted by Gasteiger charge is 2.23. The van der Waals surface area contributed by atoms with Crippen LogP contribution in [0.3, 0.4) is 0 Å². The second-order valence-electron chi connectivity index (χ2n) is 3.92. The van der Waals surface area contributed by atoms with Gasteiger partial charge in [0.05, 0.1) is 0 Å². The summed E-state index contributed by atoms with van der Waals surface area (Å²) in [4.78, 5) is 13.9. The molecule has 2 nitrogen and oxygen atoms in total. The summed E-state index contributed by atoms with van der Waals surface area (Å²) in [5.41, 5.74) is 2.36. The van der Waals surface area contributed by atoms with Crippen molar-refractivity contribution in [3.8, 4) is 0 Å². The third-order valence-corrected chi connectivity index (χ3v) is 2.99. The average Bonchev–Trinajstić information content (AvgIpc) is 2.33. The number of carbonyl (C=O) groups is 1. The smallest absolute Gasteiger partial charge is 0.141 e. The molecule has 1 aliphatic heterocycles. The van der Waals surface area contributed by atoms with Crippen molar-refractivity contribution in [2.24, 2.45) is 0 Å². The summed E-state index contributed by atoms with van der Waals surface area (Å²) in [5.74, 6) is 0.401. The summed E-state index contributed by atoms with van der Waals surface area (Å²) in [7, 11) is 2.05. The van der Waals surface area contributed by atoms with Crippen LogP contribution in [0.15, 0.2) is 24.3 Å². The van der Waals surface area contributed by atoms with Crippen molar-refractivity contribution in [3.05, 3.63) is 29.8 Å². The maximum Gasteiger partial charge on any atom is 0.141 e. The van der Waals surface area contributed by atoms with Crippen LogP contribution in [0.1, 0.15) is 24.8 Å². The van der Waals surface area contributed by atoms with Gasteiger partial charge in [0.15, 0.2) is 0 Å². The first kappa shape index (κ1) is 9.25. The summed E-state index contributed by atoms with van der Waals surface area (Å²) >= 11 is 0. The Morgan fingerprint density at radius 2 is 2.07 bits per heavy atom. The van der Waals surface area contributed by atoms with E-state index in [0.29, 0.717) is 12.2 Å². The molecule has 1 unspecified atom stereocenters. The Morgan fingerprint density at radius 1 is 1.36 bits per heavy atom. The highest BCUT2D eigenvalue weighted by atomic mass is 16.1. The first-order chi connectivity index (χ1) is 6.70. The van der Waals surface area contributed by atoms with Crippen LogP contribution in [0.2, 0.25) is 0 Å². The Balaban J connectivity index is 2.51. The molecule has 1 aliphatic rings. The van der Waals surface area contributed by atoms with E-state index in [2.05, 4.69) is 17.0 Å². The lowest BCUT2D eigenvalue weighted by molar-refractivity contribution is -0.119. The lowest BCUT2D eigenvalue weighted by Crippen LogP contribution is -2.18. The lowest BCUT2D eigenvalue weighted by atomic mass is 9.95. The van der Waals surface area contributed by atoms with Gasteiger partial charge < -0.3 is 4.90 Å². The van der Waals surface area contributed by atoms with Crippen molar-refractivity contribution in [1.29, 1.82) is 0 Å². The van der Waals surface area contributed by atoms with Crippen LogP contribution in [-0.2, 0) is 4.79 Å². The minimum absolute atomic E-state index is 0.0520. The number of ketones is 1. The highest BCUT2D eigenvalue weighted by molar-refractivity contribution is 5.88. The second kappa shape index (κ2) is 3.45. The number of carbonyl (C=O) groups excluding carboxylic acids is 1. The van der Waals surface area contributed by atoms with Crippen LogP contribution in [-0.4, -0.2) is 19.4 Å². The van der Waals surface area contributed by atoms with Crippen molar-refractivity contribution in [2.75, 3.05) is 18.5 Å². The van der Waals surface area contributed by atoms with E-state index >= 15 is 0 Å². The van der Waals surface area contributed by atoms with E-state index < -0.39 is 0 Å². The zero-order chi connectivity index (χ0) is 10.1. The molecule has 0 radical (unpaired) electrons. The van der Waals surface area contributed by atoms with E-state index in [1.54, 1.807) is 0 Å². The molecule has 1 aromatic rings. The van der Waals surface area contributed by atoms with Gasteiger partial charge in [-0.2, -0.15) is 0 Å². The SMILES string of the molecule is CC1C(=O)CCN(C)c2ccccc21. The second-order valence-corrected chi connectivity index (χ2v) is 3.92. The topological polar surface area (TPSA) is 20.3 Å². The van der Waals surface area contributed by atoms with Crippen LogP contribution in [0, 0.1) is 0 Å². The molecule has 0 amide bonds. The Hall–Kier alpha value is -1.31. The van der Waals surface area contributed by atoms with Gasteiger partial charge in [-0.1, -0.05) is 25.1 Å². The molecule has 0 fully saturated rings. The number of benzene rings is 1. The minimum atomic E-state index is 0.0520. The molecule has 1 heterocycles. The first-order valence-electron chi connectivity index (χ1n) is 5.03. The molecule has 14 heavy (non-hydrogen) atoms. The molecule has 0 aromatic heterocycles. The molecule has 1 aromatic carbocycles. The van der Waals surface area contributed by atoms with Gasteiger partial charge in [-0.25, -0.2) is 0 Å². The van der Waals surface area contributed by atoms with Crippen LogP contribution < -0.4 is 4.90 Å². The number of Topliss-reactive ketones (excluding diaryl/α,β-unsaturated/α-hetero) is 1. The number of nitrogens with zero attached hydrogens (tertiary/aromatic N) is 1. The summed E-state index contributed by atoms with van der Waals surface area (Å²) in [5, 5.41) is 0. The summed E-state index contributed by atoms with van der Waals surface area (Å²) < 4.78 is 0. The predicted molar refractivity (Wildman–Crippen MR) is 57.8 cm³/mol. The largest absolute Gasteiger partial charge is 0.374 e. The fourth-order valence-corrected chi connectivity index (χ4v) is 1.99. The molecule has 0 spiro atoms.